The first kappa shape index (κ1) is 13.3. The van der Waals surface area contributed by atoms with E-state index < -0.39 is 0 Å². The van der Waals surface area contributed by atoms with Gasteiger partial charge in [0.2, 0.25) is 0 Å². The smallest absolute Gasteiger partial charge is 0.0474 e. The normalized spacial score (nSPS) is 33.5. The fraction of sp³-hybridized carbons (Fsp3) is 1.00. The zero-order valence-corrected chi connectivity index (χ0v) is 11.0. The van der Waals surface area contributed by atoms with Crippen LogP contribution in [0.25, 0.3) is 0 Å². The molecule has 2 aliphatic rings. The average molecular weight is 240 g/mol. The van der Waals surface area contributed by atoms with Gasteiger partial charge in [0.05, 0.1) is 0 Å². The number of aliphatic hydroxyl groups is 1. The molecule has 0 aromatic rings. The van der Waals surface area contributed by atoms with Crippen LogP contribution in [0.15, 0.2) is 0 Å². The molecule has 0 aromatic heterocycles. The van der Waals surface area contributed by atoms with Crippen molar-refractivity contribution in [1.82, 2.24) is 5.32 Å². The van der Waals surface area contributed by atoms with Crippen LogP contribution >= 0.6 is 0 Å². The summed E-state index contributed by atoms with van der Waals surface area (Å²) in [7, 11) is 0. The number of hydrogen-bond acceptors (Lipinski definition) is 3. The van der Waals surface area contributed by atoms with E-state index in [1.54, 1.807) is 0 Å². The van der Waals surface area contributed by atoms with Gasteiger partial charge in [-0.3, -0.25) is 0 Å². The van der Waals surface area contributed by atoms with Crippen molar-refractivity contribution in [1.29, 1.82) is 0 Å². The Balaban J connectivity index is 1.97. The van der Waals surface area contributed by atoms with E-state index in [0.717, 1.165) is 6.54 Å². The predicted molar refractivity (Wildman–Crippen MR) is 70.8 cm³/mol. The second-order valence-corrected chi connectivity index (χ2v) is 6.02. The lowest BCUT2D eigenvalue weighted by Crippen LogP contribution is -2.56. The number of aliphatic hydroxyl groups excluding tert-OH is 1. The van der Waals surface area contributed by atoms with E-state index in [4.69, 9.17) is 5.73 Å². The first-order chi connectivity index (χ1) is 8.29. The Bertz CT molecular complexity index is 224. The zero-order chi connectivity index (χ0) is 12.1. The number of nitrogens with two attached hydrogens (primary N) is 1. The summed E-state index contributed by atoms with van der Waals surface area (Å²) in [4.78, 5) is 0. The first-order valence-electron chi connectivity index (χ1n) is 7.38. The maximum Gasteiger partial charge on any atom is 0.0474 e. The molecule has 0 bridgehead atoms. The summed E-state index contributed by atoms with van der Waals surface area (Å²) in [6.45, 7) is 1.08. The van der Waals surface area contributed by atoms with Gasteiger partial charge in [-0.05, 0) is 31.6 Å². The fourth-order valence-electron chi connectivity index (χ4n) is 3.65. The molecule has 0 aromatic carbocycles. The van der Waals surface area contributed by atoms with Gasteiger partial charge in [-0.1, -0.05) is 32.1 Å². The Morgan fingerprint density at radius 1 is 1.06 bits per heavy atom. The molecule has 3 nitrogen and oxygen atoms in total. The Labute approximate surface area is 105 Å². The van der Waals surface area contributed by atoms with Gasteiger partial charge in [0.25, 0.3) is 0 Å². The molecule has 2 unspecified atom stereocenters. The monoisotopic (exact) mass is 240 g/mol. The fourth-order valence-corrected chi connectivity index (χ4v) is 3.65. The highest BCUT2D eigenvalue weighted by atomic mass is 16.3. The Morgan fingerprint density at radius 2 is 1.76 bits per heavy atom. The van der Waals surface area contributed by atoms with Crippen LogP contribution in [0, 0.1) is 5.92 Å². The van der Waals surface area contributed by atoms with E-state index in [0.29, 0.717) is 18.6 Å². The molecule has 2 atom stereocenters. The lowest BCUT2D eigenvalue weighted by molar-refractivity contribution is 0.171. The lowest BCUT2D eigenvalue weighted by atomic mass is 9.88. The zero-order valence-electron chi connectivity index (χ0n) is 11.0. The molecular formula is C14H28N2O. The molecule has 0 saturated heterocycles. The summed E-state index contributed by atoms with van der Waals surface area (Å²) in [6.07, 6.45) is 11.4. The molecule has 0 amide bonds. The minimum atomic E-state index is 0.166. The lowest BCUT2D eigenvalue weighted by Gasteiger charge is -2.37. The summed E-state index contributed by atoms with van der Waals surface area (Å²) in [6, 6.07) is 0.502. The standard InChI is InChI=1S/C14H28N2O/c15-11-14(8-3-1-2-4-9-14)16-13-7-5-6-12(13)10-17/h12-13,16-17H,1-11,15H2. The van der Waals surface area contributed by atoms with Crippen molar-refractivity contribution in [2.24, 2.45) is 11.7 Å². The molecule has 0 radical (unpaired) electrons. The van der Waals surface area contributed by atoms with Crippen LogP contribution in [0.4, 0.5) is 0 Å². The van der Waals surface area contributed by atoms with Crippen molar-refractivity contribution in [2.45, 2.75) is 69.4 Å². The Hall–Kier alpha value is -0.120. The number of nitrogens with one attached hydrogen (secondary N) is 1. The van der Waals surface area contributed by atoms with Crippen LogP contribution < -0.4 is 11.1 Å². The van der Waals surface area contributed by atoms with E-state index in [2.05, 4.69) is 5.32 Å². The van der Waals surface area contributed by atoms with E-state index >= 15 is 0 Å². The highest BCUT2D eigenvalue weighted by molar-refractivity contribution is 4.96. The van der Waals surface area contributed by atoms with Crippen molar-refractivity contribution in [2.75, 3.05) is 13.2 Å². The molecular weight excluding hydrogens is 212 g/mol. The van der Waals surface area contributed by atoms with Crippen molar-refractivity contribution in [3.05, 3.63) is 0 Å². The van der Waals surface area contributed by atoms with Gasteiger partial charge in [0.1, 0.15) is 0 Å². The number of hydrogen-bond donors (Lipinski definition) is 3. The van der Waals surface area contributed by atoms with E-state index in [1.165, 1.54) is 57.8 Å². The summed E-state index contributed by atoms with van der Waals surface area (Å²) in [5.41, 5.74) is 6.21. The molecule has 2 fully saturated rings. The highest BCUT2D eigenvalue weighted by Gasteiger charge is 2.35. The second-order valence-electron chi connectivity index (χ2n) is 6.02. The summed E-state index contributed by atoms with van der Waals surface area (Å²) >= 11 is 0. The third kappa shape index (κ3) is 3.21. The van der Waals surface area contributed by atoms with Gasteiger partial charge in [0, 0.05) is 24.7 Å². The Morgan fingerprint density at radius 3 is 2.35 bits per heavy atom. The first-order valence-corrected chi connectivity index (χ1v) is 7.38. The van der Waals surface area contributed by atoms with Gasteiger partial charge < -0.3 is 16.2 Å². The quantitative estimate of drug-likeness (QED) is 0.657. The van der Waals surface area contributed by atoms with E-state index in [1.807, 2.05) is 0 Å². The van der Waals surface area contributed by atoms with Crippen LogP contribution in [0.1, 0.15) is 57.8 Å². The van der Waals surface area contributed by atoms with Crippen molar-refractivity contribution in [3.8, 4) is 0 Å². The van der Waals surface area contributed by atoms with Gasteiger partial charge in [-0.2, -0.15) is 0 Å². The predicted octanol–water partition coefficient (Wildman–Crippen LogP) is 1.79. The molecule has 17 heavy (non-hydrogen) atoms. The second kappa shape index (κ2) is 6.17. The molecule has 2 rings (SSSR count). The van der Waals surface area contributed by atoms with Crippen LogP contribution in [0.2, 0.25) is 0 Å². The molecule has 2 saturated carbocycles. The van der Waals surface area contributed by atoms with E-state index in [-0.39, 0.29) is 5.54 Å². The van der Waals surface area contributed by atoms with Gasteiger partial charge >= 0.3 is 0 Å². The van der Waals surface area contributed by atoms with Crippen LogP contribution in [-0.2, 0) is 0 Å². The third-order valence-electron chi connectivity index (χ3n) is 4.84. The Kier molecular flexibility index (Phi) is 4.83. The highest BCUT2D eigenvalue weighted by Crippen LogP contribution is 2.32. The largest absolute Gasteiger partial charge is 0.396 e. The molecule has 4 N–H and O–H groups in total. The van der Waals surface area contributed by atoms with Gasteiger partial charge in [-0.15, -0.1) is 0 Å². The third-order valence-corrected chi connectivity index (χ3v) is 4.84. The minimum absolute atomic E-state index is 0.166. The maximum atomic E-state index is 9.41. The topological polar surface area (TPSA) is 58.3 Å². The van der Waals surface area contributed by atoms with Gasteiger partial charge in [0.15, 0.2) is 0 Å². The maximum absolute atomic E-state index is 9.41. The van der Waals surface area contributed by atoms with Crippen molar-refractivity contribution >= 4 is 0 Å². The minimum Gasteiger partial charge on any atom is -0.396 e. The van der Waals surface area contributed by atoms with Crippen LogP contribution in [-0.4, -0.2) is 29.8 Å². The molecule has 2 aliphatic carbocycles. The molecule has 0 aliphatic heterocycles. The SMILES string of the molecule is NCC1(NC2CCCC2CO)CCCCCC1. The van der Waals surface area contributed by atoms with Gasteiger partial charge in [-0.25, -0.2) is 0 Å². The average Bonchev–Trinajstić information content (AvgIpc) is 2.66. The summed E-state index contributed by atoms with van der Waals surface area (Å²) in [5, 5.41) is 13.2. The van der Waals surface area contributed by atoms with Crippen LogP contribution in [0.5, 0.6) is 0 Å². The van der Waals surface area contributed by atoms with Crippen LogP contribution in [0.3, 0.4) is 0 Å². The number of rotatable bonds is 4. The van der Waals surface area contributed by atoms with Crippen molar-refractivity contribution < 1.29 is 5.11 Å². The molecule has 100 valence electrons. The summed E-state index contributed by atoms with van der Waals surface area (Å²) < 4.78 is 0. The van der Waals surface area contributed by atoms with E-state index in [9.17, 15) is 5.11 Å². The molecule has 3 heteroatoms. The molecule has 0 heterocycles. The molecule has 0 spiro atoms. The van der Waals surface area contributed by atoms with Crippen molar-refractivity contribution in [3.63, 3.8) is 0 Å². The summed E-state index contributed by atoms with van der Waals surface area (Å²) in [5.74, 6) is 0.460.